The molecule has 0 radical (unpaired) electrons. The summed E-state index contributed by atoms with van der Waals surface area (Å²) in [6, 6.07) is 11.9. The molecule has 0 fully saturated rings. The van der Waals surface area contributed by atoms with E-state index in [0.717, 1.165) is 5.56 Å². The number of carbonyl (C=O) groups excluding carboxylic acids is 2. The lowest BCUT2D eigenvalue weighted by Gasteiger charge is -2.30. The summed E-state index contributed by atoms with van der Waals surface area (Å²) in [5, 5.41) is 3.46. The van der Waals surface area contributed by atoms with Crippen molar-refractivity contribution in [3.05, 3.63) is 64.9 Å². The first-order chi connectivity index (χ1) is 14.3. The Morgan fingerprint density at radius 3 is 2.30 bits per heavy atom. The molecule has 0 saturated carbocycles. The Balaban J connectivity index is 2.17. The molecule has 0 aromatic heterocycles. The summed E-state index contributed by atoms with van der Waals surface area (Å²) < 4.78 is 18.9. The first-order valence-corrected chi connectivity index (χ1v) is 10.4. The van der Waals surface area contributed by atoms with Crippen LogP contribution in [-0.4, -0.2) is 35.9 Å². The van der Waals surface area contributed by atoms with Gasteiger partial charge in [0.2, 0.25) is 5.91 Å². The average molecular weight is 435 g/mol. The van der Waals surface area contributed by atoms with Gasteiger partial charge >= 0.3 is 0 Å². The fourth-order valence-corrected chi connectivity index (χ4v) is 3.01. The Morgan fingerprint density at radius 1 is 1.10 bits per heavy atom. The number of halogens is 2. The average Bonchev–Trinajstić information content (AvgIpc) is 2.72. The molecule has 2 rings (SSSR count). The summed E-state index contributed by atoms with van der Waals surface area (Å²) in [7, 11) is 0. The third-order valence-corrected chi connectivity index (χ3v) is 4.76. The van der Waals surface area contributed by atoms with Gasteiger partial charge in [-0.05, 0) is 54.3 Å². The van der Waals surface area contributed by atoms with Crippen LogP contribution in [0.4, 0.5) is 4.39 Å². The van der Waals surface area contributed by atoms with E-state index in [4.69, 9.17) is 16.3 Å². The zero-order valence-corrected chi connectivity index (χ0v) is 18.3. The van der Waals surface area contributed by atoms with Crippen molar-refractivity contribution in [3.63, 3.8) is 0 Å². The molecule has 2 aromatic carbocycles. The highest BCUT2D eigenvalue weighted by Gasteiger charge is 2.29. The number of nitrogens with zero attached hydrogens (tertiary/aromatic N) is 1. The molecule has 2 amide bonds. The zero-order valence-electron chi connectivity index (χ0n) is 17.5. The lowest BCUT2D eigenvalue weighted by atomic mass is 10.1. The molecule has 1 atom stereocenters. The summed E-state index contributed by atoms with van der Waals surface area (Å²) in [5.74, 6) is -0.105. The van der Waals surface area contributed by atoms with E-state index in [2.05, 4.69) is 5.32 Å². The number of hydrogen-bond donors (Lipinski definition) is 1. The summed E-state index contributed by atoms with van der Waals surface area (Å²) in [5.41, 5.74) is 0.728. The van der Waals surface area contributed by atoms with Gasteiger partial charge < -0.3 is 15.0 Å². The molecule has 0 saturated heterocycles. The highest BCUT2D eigenvalue weighted by Crippen LogP contribution is 2.17. The van der Waals surface area contributed by atoms with E-state index in [0.29, 0.717) is 29.7 Å². The van der Waals surface area contributed by atoms with Crippen LogP contribution in [0, 0.1) is 11.7 Å². The van der Waals surface area contributed by atoms with Crippen LogP contribution in [0.1, 0.15) is 32.8 Å². The van der Waals surface area contributed by atoms with Gasteiger partial charge in [0.1, 0.15) is 17.6 Å². The van der Waals surface area contributed by atoms with Gasteiger partial charge in [0, 0.05) is 18.1 Å². The second-order valence-corrected chi connectivity index (χ2v) is 7.89. The molecule has 0 spiro atoms. The van der Waals surface area contributed by atoms with Crippen LogP contribution in [0.25, 0.3) is 0 Å². The monoisotopic (exact) mass is 434 g/mol. The summed E-state index contributed by atoms with van der Waals surface area (Å²) in [6.45, 7) is 6.33. The van der Waals surface area contributed by atoms with E-state index in [1.165, 1.54) is 17.0 Å². The van der Waals surface area contributed by atoms with Gasteiger partial charge in [-0.3, -0.25) is 9.59 Å². The second kappa shape index (κ2) is 11.6. The SMILES string of the molecule is CCC(C(=O)NCC(C)C)N(Cc1ccc(F)cc1)C(=O)COc1ccc(Cl)cc1. The number of hydrogen-bond acceptors (Lipinski definition) is 3. The van der Waals surface area contributed by atoms with E-state index in [1.54, 1.807) is 36.4 Å². The molecule has 1 N–H and O–H groups in total. The van der Waals surface area contributed by atoms with Crippen LogP contribution < -0.4 is 10.1 Å². The largest absolute Gasteiger partial charge is 0.484 e. The Hall–Kier alpha value is -2.60. The van der Waals surface area contributed by atoms with Crippen LogP contribution in [0.5, 0.6) is 5.75 Å². The van der Waals surface area contributed by atoms with Crippen molar-refractivity contribution in [2.75, 3.05) is 13.2 Å². The van der Waals surface area contributed by atoms with E-state index in [1.807, 2.05) is 20.8 Å². The predicted octanol–water partition coefficient (Wildman–Crippen LogP) is 4.44. The van der Waals surface area contributed by atoms with Crippen LogP contribution in [0.3, 0.4) is 0 Å². The maximum Gasteiger partial charge on any atom is 0.261 e. The molecule has 0 aliphatic carbocycles. The Bertz CT molecular complexity index is 825. The maximum absolute atomic E-state index is 13.3. The van der Waals surface area contributed by atoms with E-state index in [-0.39, 0.29) is 30.8 Å². The smallest absolute Gasteiger partial charge is 0.261 e. The van der Waals surface area contributed by atoms with Gasteiger partial charge in [-0.1, -0.05) is 44.5 Å². The lowest BCUT2D eigenvalue weighted by molar-refractivity contribution is -0.143. The number of rotatable bonds is 10. The third-order valence-electron chi connectivity index (χ3n) is 4.51. The molecule has 0 heterocycles. The Morgan fingerprint density at radius 2 is 1.73 bits per heavy atom. The summed E-state index contributed by atoms with van der Waals surface area (Å²) in [6.07, 6.45) is 0.442. The standard InChI is InChI=1S/C23H28ClFN2O3/c1-4-21(23(29)26-13-16(2)3)27(14-17-5-9-19(25)10-6-17)22(28)15-30-20-11-7-18(24)8-12-20/h5-12,16,21H,4,13-15H2,1-3H3,(H,26,29). The van der Waals surface area contributed by atoms with Crippen LogP contribution >= 0.6 is 11.6 Å². The van der Waals surface area contributed by atoms with Crippen molar-refractivity contribution in [3.8, 4) is 5.75 Å². The molecular weight excluding hydrogens is 407 g/mol. The fourth-order valence-electron chi connectivity index (χ4n) is 2.89. The van der Waals surface area contributed by atoms with Crippen LogP contribution in [0.15, 0.2) is 48.5 Å². The molecule has 0 aliphatic rings. The Labute approximate surface area is 182 Å². The third kappa shape index (κ3) is 7.34. The molecule has 2 aromatic rings. The summed E-state index contributed by atoms with van der Waals surface area (Å²) in [4.78, 5) is 27.3. The van der Waals surface area contributed by atoms with Gasteiger partial charge in [-0.15, -0.1) is 0 Å². The number of benzene rings is 2. The number of nitrogens with one attached hydrogen (secondary N) is 1. The minimum absolute atomic E-state index is 0.177. The molecule has 0 aliphatic heterocycles. The molecule has 0 bridgehead atoms. The lowest BCUT2D eigenvalue weighted by Crippen LogP contribution is -2.50. The molecule has 30 heavy (non-hydrogen) atoms. The van der Waals surface area contributed by atoms with Crippen molar-refractivity contribution in [2.45, 2.75) is 39.8 Å². The molecule has 7 heteroatoms. The van der Waals surface area contributed by atoms with E-state index < -0.39 is 6.04 Å². The van der Waals surface area contributed by atoms with E-state index >= 15 is 0 Å². The van der Waals surface area contributed by atoms with Crippen molar-refractivity contribution >= 4 is 23.4 Å². The quantitative estimate of drug-likeness (QED) is 0.601. The van der Waals surface area contributed by atoms with Crippen LogP contribution in [-0.2, 0) is 16.1 Å². The second-order valence-electron chi connectivity index (χ2n) is 7.45. The number of carbonyl (C=O) groups is 2. The highest BCUT2D eigenvalue weighted by molar-refractivity contribution is 6.30. The first-order valence-electron chi connectivity index (χ1n) is 10.00. The number of ether oxygens (including phenoxy) is 1. The zero-order chi connectivity index (χ0) is 22.1. The molecule has 5 nitrogen and oxygen atoms in total. The van der Waals surface area contributed by atoms with Crippen molar-refractivity contribution in [1.82, 2.24) is 10.2 Å². The van der Waals surface area contributed by atoms with Gasteiger partial charge in [-0.2, -0.15) is 0 Å². The normalized spacial score (nSPS) is 11.8. The van der Waals surface area contributed by atoms with Gasteiger partial charge in [-0.25, -0.2) is 4.39 Å². The highest BCUT2D eigenvalue weighted by atomic mass is 35.5. The molecule has 1 unspecified atom stereocenters. The van der Waals surface area contributed by atoms with Gasteiger partial charge in [0.15, 0.2) is 6.61 Å². The van der Waals surface area contributed by atoms with E-state index in [9.17, 15) is 14.0 Å². The van der Waals surface area contributed by atoms with Gasteiger partial charge in [0.25, 0.3) is 5.91 Å². The predicted molar refractivity (Wildman–Crippen MR) is 116 cm³/mol. The minimum atomic E-state index is -0.657. The first kappa shape index (κ1) is 23.7. The molecule has 162 valence electrons. The Kier molecular flexibility index (Phi) is 9.12. The van der Waals surface area contributed by atoms with Crippen LogP contribution in [0.2, 0.25) is 5.02 Å². The minimum Gasteiger partial charge on any atom is -0.484 e. The van der Waals surface area contributed by atoms with Crippen molar-refractivity contribution < 1.29 is 18.7 Å². The van der Waals surface area contributed by atoms with Crippen molar-refractivity contribution in [2.24, 2.45) is 5.92 Å². The van der Waals surface area contributed by atoms with Gasteiger partial charge in [0.05, 0.1) is 0 Å². The fraction of sp³-hybridized carbons (Fsp3) is 0.391. The summed E-state index contributed by atoms with van der Waals surface area (Å²) >= 11 is 5.87. The maximum atomic E-state index is 13.3. The number of amides is 2. The topological polar surface area (TPSA) is 58.6 Å². The molecular formula is C23H28ClFN2O3. The van der Waals surface area contributed by atoms with Crippen molar-refractivity contribution in [1.29, 1.82) is 0 Å².